The number of halogens is 1. The highest BCUT2D eigenvalue weighted by Gasteiger charge is 2.16. The molecule has 2 nitrogen and oxygen atoms in total. The van der Waals surface area contributed by atoms with Crippen molar-refractivity contribution in [1.29, 1.82) is 0 Å². The van der Waals surface area contributed by atoms with Crippen molar-refractivity contribution in [3.8, 4) is 0 Å². The third-order valence-electron chi connectivity index (χ3n) is 3.67. The molecular formula is C15H22ClNO. The molecular weight excluding hydrogens is 246 g/mol. The fourth-order valence-corrected chi connectivity index (χ4v) is 2.69. The van der Waals surface area contributed by atoms with Crippen molar-refractivity contribution < 1.29 is 4.74 Å². The van der Waals surface area contributed by atoms with Crippen molar-refractivity contribution in [2.24, 2.45) is 0 Å². The van der Waals surface area contributed by atoms with E-state index in [1.165, 1.54) is 24.8 Å². The molecule has 1 aliphatic heterocycles. The Kier molecular flexibility index (Phi) is 5.48. The van der Waals surface area contributed by atoms with Crippen molar-refractivity contribution in [2.45, 2.75) is 44.2 Å². The van der Waals surface area contributed by atoms with E-state index < -0.39 is 0 Å². The summed E-state index contributed by atoms with van der Waals surface area (Å²) in [6.45, 7) is 0.940. The highest BCUT2D eigenvalue weighted by molar-refractivity contribution is 6.30. The summed E-state index contributed by atoms with van der Waals surface area (Å²) in [7, 11) is 2.01. The lowest BCUT2D eigenvalue weighted by molar-refractivity contribution is 0.00866. The van der Waals surface area contributed by atoms with Gasteiger partial charge in [-0.1, -0.05) is 23.7 Å². The second-order valence-electron chi connectivity index (χ2n) is 4.96. The second kappa shape index (κ2) is 7.13. The molecule has 0 aliphatic carbocycles. The van der Waals surface area contributed by atoms with Crippen LogP contribution < -0.4 is 5.32 Å². The highest BCUT2D eigenvalue weighted by Crippen LogP contribution is 2.24. The average Bonchev–Trinajstić information content (AvgIpc) is 2.42. The van der Waals surface area contributed by atoms with Crippen molar-refractivity contribution in [3.05, 3.63) is 34.9 Å². The molecule has 1 heterocycles. The maximum absolute atomic E-state index is 5.92. The number of nitrogens with one attached hydrogen (secondary N) is 1. The molecule has 0 saturated carbocycles. The Morgan fingerprint density at radius 1 is 1.33 bits per heavy atom. The Hall–Kier alpha value is -0.570. The summed E-state index contributed by atoms with van der Waals surface area (Å²) in [5.74, 6) is 0. The van der Waals surface area contributed by atoms with Crippen LogP contribution in [-0.4, -0.2) is 19.8 Å². The molecule has 2 unspecified atom stereocenters. The molecule has 0 aromatic heterocycles. The second-order valence-corrected chi connectivity index (χ2v) is 5.40. The molecule has 1 aromatic rings. The minimum atomic E-state index is 0.396. The van der Waals surface area contributed by atoms with Crippen LogP contribution in [0, 0.1) is 0 Å². The number of hydrogen-bond donors (Lipinski definition) is 1. The zero-order valence-corrected chi connectivity index (χ0v) is 11.7. The fraction of sp³-hybridized carbons (Fsp3) is 0.600. The van der Waals surface area contributed by atoms with Gasteiger partial charge in [-0.15, -0.1) is 0 Å². The van der Waals surface area contributed by atoms with Crippen LogP contribution in [0.15, 0.2) is 24.3 Å². The van der Waals surface area contributed by atoms with Crippen LogP contribution in [0.3, 0.4) is 0 Å². The van der Waals surface area contributed by atoms with E-state index >= 15 is 0 Å². The quantitative estimate of drug-likeness (QED) is 0.872. The first kappa shape index (κ1) is 13.9. The fourth-order valence-electron chi connectivity index (χ4n) is 2.56. The summed E-state index contributed by atoms with van der Waals surface area (Å²) in [5, 5.41) is 4.17. The van der Waals surface area contributed by atoms with Crippen LogP contribution in [0.2, 0.25) is 5.02 Å². The van der Waals surface area contributed by atoms with Crippen LogP contribution in [0.5, 0.6) is 0 Å². The van der Waals surface area contributed by atoms with Crippen LogP contribution in [0.4, 0.5) is 0 Å². The van der Waals surface area contributed by atoms with Gasteiger partial charge in [0.15, 0.2) is 0 Å². The number of hydrogen-bond acceptors (Lipinski definition) is 2. The first-order valence-electron chi connectivity index (χ1n) is 6.84. The van der Waals surface area contributed by atoms with Gasteiger partial charge in [-0.05, 0) is 56.8 Å². The minimum Gasteiger partial charge on any atom is -0.378 e. The standard InChI is InChI=1S/C15H22ClNO/c1-17-15(12-5-7-13(16)8-6-12)10-9-14-4-2-3-11-18-14/h5-8,14-15,17H,2-4,9-11H2,1H3. The summed E-state index contributed by atoms with van der Waals surface area (Å²) in [6.07, 6.45) is 6.47. The van der Waals surface area contributed by atoms with Gasteiger partial charge in [0, 0.05) is 17.7 Å². The van der Waals surface area contributed by atoms with E-state index in [1.807, 2.05) is 19.2 Å². The first-order valence-corrected chi connectivity index (χ1v) is 7.21. The van der Waals surface area contributed by atoms with Crippen molar-refractivity contribution in [2.75, 3.05) is 13.7 Å². The summed E-state index contributed by atoms with van der Waals surface area (Å²) in [4.78, 5) is 0. The Morgan fingerprint density at radius 2 is 2.11 bits per heavy atom. The van der Waals surface area contributed by atoms with Gasteiger partial charge in [-0.2, -0.15) is 0 Å². The largest absolute Gasteiger partial charge is 0.378 e. The zero-order chi connectivity index (χ0) is 12.8. The van der Waals surface area contributed by atoms with Gasteiger partial charge in [-0.25, -0.2) is 0 Å². The Balaban J connectivity index is 1.86. The van der Waals surface area contributed by atoms with Gasteiger partial charge in [0.25, 0.3) is 0 Å². The van der Waals surface area contributed by atoms with E-state index in [0.29, 0.717) is 12.1 Å². The van der Waals surface area contributed by atoms with Crippen LogP contribution in [0.25, 0.3) is 0 Å². The first-order chi connectivity index (χ1) is 8.79. The molecule has 3 heteroatoms. The molecule has 0 spiro atoms. The van der Waals surface area contributed by atoms with Gasteiger partial charge in [0.1, 0.15) is 0 Å². The van der Waals surface area contributed by atoms with E-state index in [0.717, 1.165) is 24.5 Å². The van der Waals surface area contributed by atoms with Gasteiger partial charge in [0.2, 0.25) is 0 Å². The SMILES string of the molecule is CNC(CCC1CCCCO1)c1ccc(Cl)cc1. The Bertz CT molecular complexity index is 346. The minimum absolute atomic E-state index is 0.396. The molecule has 2 rings (SSSR count). The number of benzene rings is 1. The maximum atomic E-state index is 5.92. The normalized spacial score (nSPS) is 21.8. The molecule has 1 aliphatic rings. The maximum Gasteiger partial charge on any atom is 0.0575 e. The number of rotatable bonds is 5. The molecule has 0 bridgehead atoms. The summed E-state index contributed by atoms with van der Waals surface area (Å²) < 4.78 is 5.78. The molecule has 2 atom stereocenters. The third-order valence-corrected chi connectivity index (χ3v) is 3.92. The van der Waals surface area contributed by atoms with Gasteiger partial charge in [0.05, 0.1) is 6.10 Å². The molecule has 1 N–H and O–H groups in total. The summed E-state index contributed by atoms with van der Waals surface area (Å²) in [6, 6.07) is 8.51. The predicted octanol–water partition coefficient (Wildman–Crippen LogP) is 3.95. The molecule has 0 amide bonds. The van der Waals surface area contributed by atoms with E-state index in [9.17, 15) is 0 Å². The smallest absolute Gasteiger partial charge is 0.0575 e. The van der Waals surface area contributed by atoms with E-state index in [2.05, 4.69) is 17.4 Å². The molecule has 1 aromatic carbocycles. The lowest BCUT2D eigenvalue weighted by Gasteiger charge is -2.25. The Labute approximate surface area is 115 Å². The summed E-state index contributed by atoms with van der Waals surface area (Å²) in [5.41, 5.74) is 1.30. The molecule has 1 fully saturated rings. The molecule has 18 heavy (non-hydrogen) atoms. The Morgan fingerprint density at radius 3 is 2.72 bits per heavy atom. The van der Waals surface area contributed by atoms with E-state index in [-0.39, 0.29) is 0 Å². The van der Waals surface area contributed by atoms with Gasteiger partial charge < -0.3 is 10.1 Å². The van der Waals surface area contributed by atoms with Crippen molar-refractivity contribution >= 4 is 11.6 Å². The summed E-state index contributed by atoms with van der Waals surface area (Å²) >= 11 is 5.92. The topological polar surface area (TPSA) is 21.3 Å². The molecule has 100 valence electrons. The predicted molar refractivity (Wildman–Crippen MR) is 76.1 cm³/mol. The monoisotopic (exact) mass is 267 g/mol. The van der Waals surface area contributed by atoms with Crippen LogP contribution in [-0.2, 0) is 4.74 Å². The van der Waals surface area contributed by atoms with Crippen molar-refractivity contribution in [1.82, 2.24) is 5.32 Å². The lowest BCUT2D eigenvalue weighted by atomic mass is 9.97. The van der Waals surface area contributed by atoms with Crippen LogP contribution in [0.1, 0.15) is 43.7 Å². The van der Waals surface area contributed by atoms with Gasteiger partial charge in [-0.3, -0.25) is 0 Å². The van der Waals surface area contributed by atoms with Crippen molar-refractivity contribution in [3.63, 3.8) is 0 Å². The lowest BCUT2D eigenvalue weighted by Crippen LogP contribution is -2.23. The third kappa shape index (κ3) is 3.98. The van der Waals surface area contributed by atoms with E-state index in [4.69, 9.17) is 16.3 Å². The molecule has 1 saturated heterocycles. The van der Waals surface area contributed by atoms with Crippen LogP contribution >= 0.6 is 11.6 Å². The molecule has 0 radical (unpaired) electrons. The highest BCUT2D eigenvalue weighted by atomic mass is 35.5. The zero-order valence-electron chi connectivity index (χ0n) is 11.0. The average molecular weight is 268 g/mol. The van der Waals surface area contributed by atoms with Gasteiger partial charge >= 0.3 is 0 Å². The number of ether oxygens (including phenoxy) is 1. The van der Waals surface area contributed by atoms with E-state index in [1.54, 1.807) is 0 Å².